The quantitative estimate of drug-likeness (QED) is 0.198. The molecule has 2 heteroatoms. The van der Waals surface area contributed by atoms with Crippen LogP contribution in [0.3, 0.4) is 0 Å². The number of nitrogens with zero attached hydrogens (tertiary/aromatic N) is 2. The van der Waals surface area contributed by atoms with Crippen LogP contribution in [0.2, 0.25) is 0 Å². The molecule has 0 atom stereocenters. The molecule has 0 saturated heterocycles. The second-order valence-corrected chi connectivity index (χ2v) is 12.7. The van der Waals surface area contributed by atoms with Crippen molar-refractivity contribution in [2.75, 3.05) is 0 Å². The summed E-state index contributed by atoms with van der Waals surface area (Å²) in [7, 11) is 0. The molecule has 2 nitrogen and oxygen atoms in total. The zero-order valence-electron chi connectivity index (χ0n) is 25.5. The van der Waals surface area contributed by atoms with E-state index < -0.39 is 0 Å². The fourth-order valence-electron chi connectivity index (χ4n) is 7.39. The highest BCUT2D eigenvalue weighted by Gasteiger charge is 2.27. The largest absolute Gasteiger partial charge is 0.309 e. The van der Waals surface area contributed by atoms with Crippen LogP contribution >= 0.6 is 0 Å². The molecule has 0 saturated carbocycles. The summed E-state index contributed by atoms with van der Waals surface area (Å²) in [5.41, 5.74) is 18.4. The average Bonchev–Trinajstić information content (AvgIpc) is 3.61. The van der Waals surface area contributed by atoms with Gasteiger partial charge in [-0.05, 0) is 128 Å². The molecule has 0 spiro atoms. The zero-order valence-corrected chi connectivity index (χ0v) is 25.5. The summed E-state index contributed by atoms with van der Waals surface area (Å²) in [5, 5.41) is 5.13. The highest BCUT2D eigenvalue weighted by Crippen LogP contribution is 2.49. The molecule has 0 radical (unpaired) electrons. The molecule has 8 aromatic rings. The molecule has 210 valence electrons. The van der Waals surface area contributed by atoms with Crippen LogP contribution in [0.15, 0.2) is 116 Å². The molecule has 0 bridgehead atoms. The van der Waals surface area contributed by atoms with Crippen LogP contribution in [0.25, 0.3) is 71.7 Å². The van der Waals surface area contributed by atoms with E-state index in [9.17, 15) is 0 Å². The lowest BCUT2D eigenvalue weighted by Crippen LogP contribution is -1.94. The van der Waals surface area contributed by atoms with E-state index in [1.54, 1.807) is 0 Å². The van der Waals surface area contributed by atoms with Gasteiger partial charge >= 0.3 is 0 Å². The topological polar surface area (TPSA) is 9.86 Å². The lowest BCUT2D eigenvalue weighted by Gasteiger charge is -2.10. The van der Waals surface area contributed by atoms with E-state index in [4.69, 9.17) is 6.58 Å². The van der Waals surface area contributed by atoms with Crippen molar-refractivity contribution in [3.05, 3.63) is 149 Å². The fourth-order valence-corrected chi connectivity index (χ4v) is 7.39. The zero-order chi connectivity index (χ0) is 29.9. The lowest BCUT2D eigenvalue weighted by atomic mass is 10.00. The SMILES string of the molecule is C=C1c2cc3c(cc2-c2cc4c5cc(C)ccc5n(-c5ccc(C)cc5)c4cc21)c1cc(C)ccc1n3-c1ccc(C)cc1. The molecular formula is C42H32N2. The van der Waals surface area contributed by atoms with Crippen molar-refractivity contribution in [2.24, 2.45) is 0 Å². The molecule has 0 amide bonds. The minimum absolute atomic E-state index is 1.09. The molecule has 2 aromatic heterocycles. The van der Waals surface area contributed by atoms with Gasteiger partial charge in [-0.1, -0.05) is 65.2 Å². The first-order valence-electron chi connectivity index (χ1n) is 15.4. The smallest absolute Gasteiger partial charge is 0.0547 e. The summed E-state index contributed by atoms with van der Waals surface area (Å²) in [4.78, 5) is 0. The summed E-state index contributed by atoms with van der Waals surface area (Å²) in [6.07, 6.45) is 0. The maximum Gasteiger partial charge on any atom is 0.0547 e. The second-order valence-electron chi connectivity index (χ2n) is 12.7. The van der Waals surface area contributed by atoms with Gasteiger partial charge < -0.3 is 9.13 Å². The molecule has 44 heavy (non-hydrogen) atoms. The lowest BCUT2D eigenvalue weighted by molar-refractivity contribution is 1.17. The molecule has 1 aliphatic rings. The van der Waals surface area contributed by atoms with Gasteiger partial charge in [0, 0.05) is 32.9 Å². The highest BCUT2D eigenvalue weighted by molar-refractivity contribution is 6.18. The van der Waals surface area contributed by atoms with Crippen LogP contribution in [0, 0.1) is 27.7 Å². The summed E-state index contributed by atoms with van der Waals surface area (Å²) >= 11 is 0. The number of aromatic nitrogens is 2. The van der Waals surface area contributed by atoms with E-state index in [-0.39, 0.29) is 0 Å². The molecule has 0 unspecified atom stereocenters. The summed E-state index contributed by atoms with van der Waals surface area (Å²) in [6, 6.07) is 41.0. The minimum Gasteiger partial charge on any atom is -0.309 e. The Kier molecular flexibility index (Phi) is 5.06. The van der Waals surface area contributed by atoms with Gasteiger partial charge in [-0.2, -0.15) is 0 Å². The van der Waals surface area contributed by atoms with Crippen molar-refractivity contribution < 1.29 is 0 Å². The number of hydrogen-bond donors (Lipinski definition) is 0. The third-order valence-electron chi connectivity index (χ3n) is 9.64. The maximum atomic E-state index is 4.70. The van der Waals surface area contributed by atoms with Gasteiger partial charge in [0.1, 0.15) is 0 Å². The minimum atomic E-state index is 1.09. The van der Waals surface area contributed by atoms with E-state index in [1.807, 2.05) is 0 Å². The Balaban J connectivity index is 1.35. The van der Waals surface area contributed by atoms with E-state index >= 15 is 0 Å². The van der Waals surface area contributed by atoms with Gasteiger partial charge in [-0.3, -0.25) is 0 Å². The predicted octanol–water partition coefficient (Wildman–Crippen LogP) is 11.2. The maximum absolute atomic E-state index is 4.70. The van der Waals surface area contributed by atoms with Crippen molar-refractivity contribution in [3.8, 4) is 22.5 Å². The molecular weight excluding hydrogens is 532 g/mol. The molecule has 0 aliphatic heterocycles. The Morgan fingerprint density at radius 1 is 0.364 bits per heavy atom. The second kappa shape index (κ2) is 8.84. The normalized spacial score (nSPS) is 12.6. The van der Waals surface area contributed by atoms with E-state index in [0.29, 0.717) is 0 Å². The Labute approximate surface area is 257 Å². The van der Waals surface area contributed by atoms with E-state index in [0.717, 1.165) is 5.57 Å². The average molecular weight is 565 g/mol. The number of aryl methyl sites for hydroxylation is 4. The molecule has 6 aromatic carbocycles. The summed E-state index contributed by atoms with van der Waals surface area (Å²) in [5.74, 6) is 0. The molecule has 9 rings (SSSR count). The molecule has 0 N–H and O–H groups in total. The highest BCUT2D eigenvalue weighted by atomic mass is 15.0. The van der Waals surface area contributed by atoms with Crippen molar-refractivity contribution >= 4 is 49.2 Å². The van der Waals surface area contributed by atoms with E-state index in [1.165, 1.54) is 99.5 Å². The number of benzene rings is 6. The Hall–Kier alpha value is -5.34. The van der Waals surface area contributed by atoms with Crippen LogP contribution in [0.5, 0.6) is 0 Å². The first-order chi connectivity index (χ1) is 21.4. The van der Waals surface area contributed by atoms with Crippen molar-refractivity contribution in [1.29, 1.82) is 0 Å². The Morgan fingerprint density at radius 2 is 0.727 bits per heavy atom. The van der Waals surface area contributed by atoms with Gasteiger partial charge in [0.2, 0.25) is 0 Å². The fraction of sp³-hybridized carbons (Fsp3) is 0.0952. The monoisotopic (exact) mass is 564 g/mol. The van der Waals surface area contributed by atoms with Crippen LogP contribution in [0.4, 0.5) is 0 Å². The molecule has 0 fully saturated rings. The van der Waals surface area contributed by atoms with Crippen LogP contribution in [-0.2, 0) is 0 Å². The first-order valence-corrected chi connectivity index (χ1v) is 15.4. The van der Waals surface area contributed by atoms with Gasteiger partial charge in [0.25, 0.3) is 0 Å². The number of fused-ring (bicyclic) bond motifs is 9. The van der Waals surface area contributed by atoms with Crippen molar-refractivity contribution in [3.63, 3.8) is 0 Å². The van der Waals surface area contributed by atoms with Crippen molar-refractivity contribution in [2.45, 2.75) is 27.7 Å². The van der Waals surface area contributed by atoms with Gasteiger partial charge in [0.05, 0.1) is 22.1 Å². The van der Waals surface area contributed by atoms with Crippen LogP contribution in [0.1, 0.15) is 33.4 Å². The summed E-state index contributed by atoms with van der Waals surface area (Å²) in [6.45, 7) is 13.3. The molecule has 2 heterocycles. The van der Waals surface area contributed by atoms with Gasteiger partial charge in [0.15, 0.2) is 0 Å². The first kappa shape index (κ1) is 25.2. The third kappa shape index (κ3) is 3.43. The van der Waals surface area contributed by atoms with Crippen molar-refractivity contribution in [1.82, 2.24) is 9.13 Å². The third-order valence-corrected chi connectivity index (χ3v) is 9.64. The number of hydrogen-bond acceptors (Lipinski definition) is 0. The van der Waals surface area contributed by atoms with E-state index in [2.05, 4.69) is 146 Å². The Bertz CT molecular complexity index is 2340. The Morgan fingerprint density at radius 3 is 1.14 bits per heavy atom. The van der Waals surface area contributed by atoms with Gasteiger partial charge in [-0.25, -0.2) is 0 Å². The summed E-state index contributed by atoms with van der Waals surface area (Å²) < 4.78 is 4.83. The molecule has 1 aliphatic carbocycles. The standard InChI is InChI=1S/C42H32N2/c1-24-6-12-29(13-7-24)43-39-16-10-26(3)18-35(39)37-20-33-31(22-41(37)43)28(5)32-23-42-38(21-34(32)33)36-19-27(4)11-17-40(36)44(42)30-14-8-25(2)9-15-30/h6-23H,5H2,1-4H3. The predicted molar refractivity (Wildman–Crippen MR) is 188 cm³/mol. The van der Waals surface area contributed by atoms with Crippen LogP contribution in [-0.4, -0.2) is 9.13 Å². The number of rotatable bonds is 2. The van der Waals surface area contributed by atoms with Gasteiger partial charge in [-0.15, -0.1) is 0 Å². The van der Waals surface area contributed by atoms with Crippen LogP contribution < -0.4 is 0 Å².